The molecule has 0 heterocycles. The first-order valence-corrected chi connectivity index (χ1v) is 10.0. The van der Waals surface area contributed by atoms with E-state index in [1.807, 2.05) is 0 Å². The summed E-state index contributed by atoms with van der Waals surface area (Å²) in [7, 11) is 0. The Morgan fingerprint density at radius 3 is 0.556 bits per heavy atom. The molecule has 2 rings (SSSR count). The summed E-state index contributed by atoms with van der Waals surface area (Å²) in [6.07, 6.45) is 0. The predicted molar refractivity (Wildman–Crippen MR) is 117 cm³/mol. The summed E-state index contributed by atoms with van der Waals surface area (Å²) < 4.78 is 0. The molecule has 0 N–H and O–H groups in total. The third-order valence-electron chi connectivity index (χ3n) is 6.38. The van der Waals surface area contributed by atoms with Gasteiger partial charge in [0.1, 0.15) is 0 Å². The topological polar surface area (TPSA) is 0 Å². The third kappa shape index (κ3) is 5.83. The van der Waals surface area contributed by atoms with Gasteiger partial charge in [-0.15, -0.1) is 0 Å². The summed E-state index contributed by atoms with van der Waals surface area (Å²) in [5, 5.41) is 0. The van der Waals surface area contributed by atoms with Gasteiger partial charge < -0.3 is 0 Å². The maximum Gasteiger partial charge on any atom is 2.00 e. The van der Waals surface area contributed by atoms with Crippen LogP contribution in [0.2, 0.25) is 0 Å². The van der Waals surface area contributed by atoms with Crippen molar-refractivity contribution in [2.45, 2.75) is 96.9 Å². The zero-order valence-corrected chi connectivity index (χ0v) is 23.7. The molecule has 0 aromatic carbocycles. The molecule has 0 amide bonds. The van der Waals surface area contributed by atoms with Crippen LogP contribution in [-0.2, 0) is 19.5 Å². The largest absolute Gasteiger partial charge is 2.00 e. The smallest absolute Gasteiger partial charge is 0.0596 e. The molecule has 2 saturated carbocycles. The standard InChI is InChI=1S/2C13H21.Zn/c2*1-8-9(2)11(4)12(10(8)3)13(5,6)7;/h2*1-7H3;/q;;+2. The van der Waals surface area contributed by atoms with E-state index in [2.05, 4.69) is 96.9 Å². The van der Waals surface area contributed by atoms with Gasteiger partial charge in [0.25, 0.3) is 0 Å². The van der Waals surface area contributed by atoms with E-state index in [9.17, 15) is 0 Å². The summed E-state index contributed by atoms with van der Waals surface area (Å²) in [5.41, 5.74) is 0.570. The summed E-state index contributed by atoms with van der Waals surface area (Å²) in [5.74, 6) is 14.9. The molecule has 0 spiro atoms. The van der Waals surface area contributed by atoms with E-state index in [0.29, 0.717) is 0 Å². The quantitative estimate of drug-likeness (QED) is 0.349. The molecule has 0 aromatic rings. The Hall–Kier alpha value is 0.623. The Labute approximate surface area is 186 Å². The number of hydrogen-bond acceptors (Lipinski definition) is 0. The van der Waals surface area contributed by atoms with E-state index in [1.165, 1.54) is 47.3 Å². The van der Waals surface area contributed by atoms with Gasteiger partial charge >= 0.3 is 19.5 Å². The number of hydrogen-bond donors (Lipinski definition) is 0. The van der Waals surface area contributed by atoms with E-state index in [1.54, 1.807) is 11.8 Å². The van der Waals surface area contributed by atoms with E-state index in [-0.39, 0.29) is 30.3 Å². The Morgan fingerprint density at radius 2 is 0.481 bits per heavy atom. The van der Waals surface area contributed by atoms with Crippen LogP contribution < -0.4 is 0 Å². The van der Waals surface area contributed by atoms with Gasteiger partial charge in [-0.25, -0.2) is 0 Å². The van der Waals surface area contributed by atoms with E-state index >= 15 is 0 Å². The van der Waals surface area contributed by atoms with Crippen LogP contribution in [-0.4, -0.2) is 0 Å². The van der Waals surface area contributed by atoms with E-state index in [4.69, 9.17) is 0 Å². The van der Waals surface area contributed by atoms with Gasteiger partial charge in [0.05, 0.1) is 0 Å². The summed E-state index contributed by atoms with van der Waals surface area (Å²) in [6.45, 7) is 31.7. The first-order valence-electron chi connectivity index (χ1n) is 10.0. The Morgan fingerprint density at radius 1 is 0.333 bits per heavy atom. The molecular formula is C26H42Zn+2. The molecule has 2 fully saturated rings. The van der Waals surface area contributed by atoms with Crippen LogP contribution in [0.5, 0.6) is 0 Å². The van der Waals surface area contributed by atoms with Crippen LogP contribution in [0, 0.1) is 70.0 Å². The van der Waals surface area contributed by atoms with Gasteiger partial charge in [-0.1, -0.05) is 96.9 Å². The van der Waals surface area contributed by atoms with Crippen LogP contribution >= 0.6 is 0 Å². The SMILES string of the molecule is C[C]1[C](C)[C](C)[C](C(C)(C)C)[C]1C.C[C]1[C](C)[C](C)[C](C(C)(C)C)[C]1C.[Zn+2]. The van der Waals surface area contributed by atoms with E-state index < -0.39 is 0 Å². The predicted octanol–water partition coefficient (Wildman–Crippen LogP) is 7.99. The molecule has 0 atom stereocenters. The maximum absolute atomic E-state index is 2.29. The maximum atomic E-state index is 2.29. The van der Waals surface area contributed by atoms with Gasteiger partial charge in [-0.2, -0.15) is 0 Å². The zero-order valence-electron chi connectivity index (χ0n) is 20.7. The minimum Gasteiger partial charge on any atom is -0.0596 e. The first-order chi connectivity index (χ1) is 11.5. The summed E-state index contributed by atoms with van der Waals surface area (Å²) >= 11 is 0. The van der Waals surface area contributed by atoms with Crippen molar-refractivity contribution in [3.63, 3.8) is 0 Å². The van der Waals surface area contributed by atoms with Crippen LogP contribution in [0.25, 0.3) is 0 Å². The van der Waals surface area contributed by atoms with Crippen molar-refractivity contribution in [3.05, 3.63) is 59.2 Å². The second kappa shape index (κ2) is 9.62. The van der Waals surface area contributed by atoms with Gasteiger partial charge in [0, 0.05) is 0 Å². The van der Waals surface area contributed by atoms with Crippen LogP contribution in [0.1, 0.15) is 96.9 Å². The average Bonchev–Trinajstić information content (AvgIpc) is 2.79. The average molecular weight is 420 g/mol. The molecule has 146 valence electrons. The molecule has 0 bridgehead atoms. The molecule has 0 nitrogen and oxygen atoms in total. The fourth-order valence-corrected chi connectivity index (χ4v) is 4.69. The minimum absolute atomic E-state index is 0. The van der Waals surface area contributed by atoms with Crippen molar-refractivity contribution in [1.82, 2.24) is 0 Å². The van der Waals surface area contributed by atoms with E-state index in [0.717, 1.165) is 0 Å². The van der Waals surface area contributed by atoms with Crippen molar-refractivity contribution in [2.24, 2.45) is 10.8 Å². The Kier molecular flexibility index (Phi) is 9.84. The molecule has 0 aliphatic heterocycles. The Bertz CT molecular complexity index is 370. The van der Waals surface area contributed by atoms with Gasteiger partial charge in [-0.3, -0.25) is 0 Å². The monoisotopic (exact) mass is 418 g/mol. The normalized spacial score (nSPS) is 25.1. The van der Waals surface area contributed by atoms with Crippen molar-refractivity contribution in [2.75, 3.05) is 0 Å². The molecule has 0 saturated heterocycles. The fourth-order valence-electron chi connectivity index (χ4n) is 4.69. The van der Waals surface area contributed by atoms with Crippen LogP contribution in [0.15, 0.2) is 0 Å². The number of rotatable bonds is 0. The van der Waals surface area contributed by atoms with Crippen molar-refractivity contribution in [3.8, 4) is 0 Å². The van der Waals surface area contributed by atoms with Crippen molar-refractivity contribution in [1.29, 1.82) is 0 Å². The first kappa shape index (κ1) is 27.6. The molecule has 2 aliphatic carbocycles. The molecule has 27 heavy (non-hydrogen) atoms. The van der Waals surface area contributed by atoms with Gasteiger partial charge in [0.15, 0.2) is 0 Å². The second-order valence-corrected chi connectivity index (χ2v) is 10.2. The summed E-state index contributed by atoms with van der Waals surface area (Å²) in [4.78, 5) is 0. The van der Waals surface area contributed by atoms with Gasteiger partial charge in [-0.05, 0) is 70.0 Å². The van der Waals surface area contributed by atoms with Crippen LogP contribution in [0.4, 0.5) is 0 Å². The fraction of sp³-hybridized carbons (Fsp3) is 0.615. The zero-order chi connectivity index (χ0) is 20.8. The molecule has 1 heteroatoms. The third-order valence-corrected chi connectivity index (χ3v) is 6.38. The molecule has 0 aromatic heterocycles. The second-order valence-electron chi connectivity index (χ2n) is 10.2. The van der Waals surface area contributed by atoms with Crippen molar-refractivity contribution >= 4 is 0 Å². The molecule has 2 aliphatic rings. The van der Waals surface area contributed by atoms with Crippen LogP contribution in [0.3, 0.4) is 0 Å². The Balaban J connectivity index is 0.000000483. The van der Waals surface area contributed by atoms with Gasteiger partial charge in [0.2, 0.25) is 0 Å². The van der Waals surface area contributed by atoms with Crippen molar-refractivity contribution < 1.29 is 19.5 Å². The molecule has 0 unspecified atom stereocenters. The minimum atomic E-state index is 0. The molecular weight excluding hydrogens is 378 g/mol. The molecule has 10 radical (unpaired) electrons. The summed E-state index contributed by atoms with van der Waals surface area (Å²) in [6, 6.07) is 0.